The van der Waals surface area contributed by atoms with Crippen LogP contribution < -0.4 is 4.74 Å². The highest BCUT2D eigenvalue weighted by molar-refractivity contribution is 5.92. The Morgan fingerprint density at radius 3 is 3.10 bits per heavy atom. The van der Waals surface area contributed by atoms with Crippen molar-refractivity contribution in [2.75, 3.05) is 13.1 Å². The number of ether oxygens (including phenoxy) is 1. The summed E-state index contributed by atoms with van der Waals surface area (Å²) in [7, 11) is 0. The average Bonchev–Trinajstić information content (AvgIpc) is 3.08. The molecule has 1 atom stereocenters. The first-order valence-electron chi connectivity index (χ1n) is 6.37. The molecule has 2 aromatic rings. The van der Waals surface area contributed by atoms with Crippen LogP contribution in [0.1, 0.15) is 22.7 Å². The van der Waals surface area contributed by atoms with Crippen LogP contribution in [0, 0.1) is 6.92 Å². The largest absolute Gasteiger partial charge is 0.471 e. The van der Waals surface area contributed by atoms with Gasteiger partial charge < -0.3 is 14.2 Å². The first-order chi connectivity index (χ1) is 9.72. The molecule has 0 aliphatic carbocycles. The Morgan fingerprint density at radius 1 is 1.50 bits per heavy atom. The van der Waals surface area contributed by atoms with Crippen molar-refractivity contribution >= 4 is 5.91 Å². The van der Waals surface area contributed by atoms with Gasteiger partial charge in [-0.1, -0.05) is 5.16 Å². The number of carbonyl (C=O) groups excluding carboxylic acids is 1. The molecule has 0 radical (unpaired) electrons. The van der Waals surface area contributed by atoms with Gasteiger partial charge in [0.05, 0.1) is 12.7 Å². The molecule has 1 aliphatic heterocycles. The lowest BCUT2D eigenvalue weighted by Crippen LogP contribution is -2.31. The van der Waals surface area contributed by atoms with Gasteiger partial charge >= 0.3 is 0 Å². The van der Waals surface area contributed by atoms with Crippen molar-refractivity contribution in [3.8, 4) is 5.88 Å². The van der Waals surface area contributed by atoms with E-state index in [-0.39, 0.29) is 12.0 Å². The molecule has 1 amide bonds. The van der Waals surface area contributed by atoms with E-state index in [2.05, 4.69) is 15.1 Å². The standard InChI is InChI=1S/C13H14N4O3/c1-9-6-11(16-20-9)13(18)17-5-2-10(8-17)19-12-7-14-3-4-15-12/h3-4,6-7,10H,2,5,8H2,1H3. The van der Waals surface area contributed by atoms with Crippen LogP contribution in [-0.2, 0) is 0 Å². The number of hydrogen-bond donors (Lipinski definition) is 0. The number of nitrogens with zero attached hydrogens (tertiary/aromatic N) is 4. The van der Waals surface area contributed by atoms with Gasteiger partial charge in [-0.2, -0.15) is 0 Å². The van der Waals surface area contributed by atoms with E-state index in [0.717, 1.165) is 6.42 Å². The fraction of sp³-hybridized carbons (Fsp3) is 0.385. The van der Waals surface area contributed by atoms with Crippen LogP contribution in [0.5, 0.6) is 5.88 Å². The van der Waals surface area contributed by atoms with E-state index in [1.165, 1.54) is 0 Å². The zero-order valence-corrected chi connectivity index (χ0v) is 11.0. The minimum atomic E-state index is -0.132. The molecule has 1 unspecified atom stereocenters. The van der Waals surface area contributed by atoms with Crippen molar-refractivity contribution in [1.82, 2.24) is 20.0 Å². The number of aryl methyl sites for hydroxylation is 1. The molecule has 104 valence electrons. The van der Waals surface area contributed by atoms with Crippen LogP contribution in [0.15, 0.2) is 29.2 Å². The summed E-state index contributed by atoms with van der Waals surface area (Å²) >= 11 is 0. The zero-order valence-electron chi connectivity index (χ0n) is 11.0. The molecular formula is C13H14N4O3. The molecule has 0 spiro atoms. The van der Waals surface area contributed by atoms with Crippen molar-refractivity contribution in [1.29, 1.82) is 0 Å². The van der Waals surface area contributed by atoms with Gasteiger partial charge in [0.1, 0.15) is 11.9 Å². The van der Waals surface area contributed by atoms with Crippen molar-refractivity contribution in [3.63, 3.8) is 0 Å². The van der Waals surface area contributed by atoms with Crippen molar-refractivity contribution < 1.29 is 14.1 Å². The summed E-state index contributed by atoms with van der Waals surface area (Å²) in [5, 5.41) is 3.74. The predicted octanol–water partition coefficient (Wildman–Crippen LogP) is 1.07. The third-order valence-electron chi connectivity index (χ3n) is 3.11. The molecule has 3 heterocycles. The summed E-state index contributed by atoms with van der Waals surface area (Å²) in [6.07, 6.45) is 5.42. The van der Waals surface area contributed by atoms with Crippen LogP contribution >= 0.6 is 0 Å². The quantitative estimate of drug-likeness (QED) is 0.832. The number of hydrogen-bond acceptors (Lipinski definition) is 6. The Balaban J connectivity index is 1.61. The van der Waals surface area contributed by atoms with Gasteiger partial charge in [0.25, 0.3) is 5.91 Å². The highest BCUT2D eigenvalue weighted by Crippen LogP contribution is 2.17. The van der Waals surface area contributed by atoms with E-state index in [4.69, 9.17) is 9.26 Å². The van der Waals surface area contributed by atoms with Gasteiger partial charge in [-0.3, -0.25) is 9.78 Å². The number of aromatic nitrogens is 3. The molecule has 7 nitrogen and oxygen atoms in total. The number of rotatable bonds is 3. The summed E-state index contributed by atoms with van der Waals surface area (Å²) in [5.41, 5.74) is 0.336. The Bertz CT molecular complexity index is 599. The second kappa shape index (κ2) is 5.28. The Labute approximate surface area is 115 Å². The second-order valence-corrected chi connectivity index (χ2v) is 4.65. The molecular weight excluding hydrogens is 260 g/mol. The SMILES string of the molecule is Cc1cc(C(=O)N2CCC(Oc3cnccn3)C2)no1. The molecule has 1 saturated heterocycles. The molecule has 0 saturated carbocycles. The van der Waals surface area contributed by atoms with Crippen LogP contribution in [0.4, 0.5) is 0 Å². The van der Waals surface area contributed by atoms with Gasteiger partial charge in [-0.15, -0.1) is 0 Å². The Morgan fingerprint density at radius 2 is 2.40 bits per heavy atom. The topological polar surface area (TPSA) is 81.4 Å². The molecule has 1 aliphatic rings. The molecule has 2 aromatic heterocycles. The molecule has 0 N–H and O–H groups in total. The normalized spacial score (nSPS) is 18.2. The second-order valence-electron chi connectivity index (χ2n) is 4.65. The van der Waals surface area contributed by atoms with Gasteiger partial charge in [0, 0.05) is 31.4 Å². The summed E-state index contributed by atoms with van der Waals surface area (Å²) in [6, 6.07) is 1.64. The summed E-state index contributed by atoms with van der Waals surface area (Å²) in [5.74, 6) is 0.969. The Hall–Kier alpha value is -2.44. The molecule has 0 aromatic carbocycles. The van der Waals surface area contributed by atoms with Gasteiger partial charge in [0.15, 0.2) is 5.69 Å². The number of likely N-dealkylation sites (tertiary alicyclic amines) is 1. The maximum Gasteiger partial charge on any atom is 0.276 e. The monoisotopic (exact) mass is 274 g/mol. The van der Waals surface area contributed by atoms with Crippen molar-refractivity contribution in [3.05, 3.63) is 36.1 Å². The minimum Gasteiger partial charge on any atom is -0.471 e. The van der Waals surface area contributed by atoms with Gasteiger partial charge in [-0.25, -0.2) is 4.98 Å². The van der Waals surface area contributed by atoms with Crippen LogP contribution in [0.3, 0.4) is 0 Å². The molecule has 3 rings (SSSR count). The zero-order chi connectivity index (χ0) is 13.9. The fourth-order valence-corrected chi connectivity index (χ4v) is 2.16. The lowest BCUT2D eigenvalue weighted by molar-refractivity contribution is 0.0761. The number of amides is 1. The van der Waals surface area contributed by atoms with E-state index < -0.39 is 0 Å². The maximum atomic E-state index is 12.2. The fourth-order valence-electron chi connectivity index (χ4n) is 2.16. The molecule has 1 fully saturated rings. The highest BCUT2D eigenvalue weighted by atomic mass is 16.5. The summed E-state index contributed by atoms with van der Waals surface area (Å²) in [4.78, 5) is 21.9. The Kier molecular flexibility index (Phi) is 3.32. The highest BCUT2D eigenvalue weighted by Gasteiger charge is 2.29. The maximum absolute atomic E-state index is 12.2. The van der Waals surface area contributed by atoms with E-state index in [9.17, 15) is 4.79 Å². The number of carbonyl (C=O) groups is 1. The van der Waals surface area contributed by atoms with Crippen molar-refractivity contribution in [2.24, 2.45) is 0 Å². The first kappa shape index (κ1) is 12.6. The summed E-state index contributed by atoms with van der Waals surface area (Å²) < 4.78 is 10.6. The van der Waals surface area contributed by atoms with Crippen LogP contribution in [-0.4, -0.2) is 45.1 Å². The van der Waals surface area contributed by atoms with Crippen LogP contribution in [0.2, 0.25) is 0 Å². The van der Waals surface area contributed by atoms with Gasteiger partial charge in [0.2, 0.25) is 5.88 Å². The van der Waals surface area contributed by atoms with Gasteiger partial charge in [-0.05, 0) is 6.92 Å². The van der Waals surface area contributed by atoms with Crippen LogP contribution in [0.25, 0.3) is 0 Å². The minimum absolute atomic E-state index is 0.0661. The average molecular weight is 274 g/mol. The lowest BCUT2D eigenvalue weighted by atomic mass is 10.3. The lowest BCUT2D eigenvalue weighted by Gasteiger charge is -2.15. The van der Waals surface area contributed by atoms with E-state index >= 15 is 0 Å². The molecule has 0 bridgehead atoms. The summed E-state index contributed by atoms with van der Waals surface area (Å²) in [6.45, 7) is 2.91. The molecule has 7 heteroatoms. The van der Waals surface area contributed by atoms with Crippen molar-refractivity contribution in [2.45, 2.75) is 19.4 Å². The first-order valence-corrected chi connectivity index (χ1v) is 6.37. The van der Waals surface area contributed by atoms with E-state index in [1.807, 2.05) is 0 Å². The molecule has 20 heavy (non-hydrogen) atoms. The predicted molar refractivity (Wildman–Crippen MR) is 68.2 cm³/mol. The van der Waals surface area contributed by atoms with E-state index in [1.54, 1.807) is 36.5 Å². The smallest absolute Gasteiger partial charge is 0.276 e. The third-order valence-corrected chi connectivity index (χ3v) is 3.11. The third kappa shape index (κ3) is 2.61. The van der Waals surface area contributed by atoms with E-state index in [0.29, 0.717) is 30.4 Å².